The summed E-state index contributed by atoms with van der Waals surface area (Å²) in [5.41, 5.74) is -1.20. The number of nitrogens with zero attached hydrogens (tertiary/aromatic N) is 1. The van der Waals surface area contributed by atoms with Crippen molar-refractivity contribution in [2.75, 3.05) is 0 Å². The van der Waals surface area contributed by atoms with Gasteiger partial charge in [0.15, 0.2) is 0 Å². The second-order valence-electron chi connectivity index (χ2n) is 10.3. The molecule has 5 unspecified atom stereocenters. The van der Waals surface area contributed by atoms with Crippen molar-refractivity contribution in [3.05, 3.63) is 21.4 Å². The maximum Gasteiger partial charge on any atom is 0.311 e. The minimum Gasteiger partial charge on any atom is -0.393 e. The number of aliphatic hydroxyl groups excluding tert-OH is 1. The molecule has 0 radical (unpaired) electrons. The molecule has 8 atom stereocenters. The van der Waals surface area contributed by atoms with Crippen LogP contribution < -0.4 is 0 Å². The molecule has 4 rings (SSSR count). The summed E-state index contributed by atoms with van der Waals surface area (Å²) < 4.78 is 0. The van der Waals surface area contributed by atoms with E-state index >= 15 is 0 Å². The lowest BCUT2D eigenvalue weighted by Gasteiger charge is -2.61. The first kappa shape index (κ1) is 19.1. The SMILES string of the molecule is C[C@@H]1CC2=C([N+](=O)[O-])C(=O)CCC2(C)C2C1C1CC[C@](C)(O)C1(C)C[C@H]2O. The molecule has 2 N–H and O–H groups in total. The van der Waals surface area contributed by atoms with Crippen LogP contribution in [-0.4, -0.2) is 32.6 Å². The number of ketones is 1. The zero-order valence-corrected chi connectivity index (χ0v) is 16.7. The average Bonchev–Trinajstić information content (AvgIpc) is 2.78. The van der Waals surface area contributed by atoms with Gasteiger partial charge in [-0.1, -0.05) is 20.8 Å². The number of fused-ring (bicyclic) bond motifs is 5. The van der Waals surface area contributed by atoms with Crippen LogP contribution in [0, 0.1) is 44.6 Å². The van der Waals surface area contributed by atoms with Gasteiger partial charge in [0.25, 0.3) is 0 Å². The van der Waals surface area contributed by atoms with Gasteiger partial charge in [0.1, 0.15) is 0 Å². The van der Waals surface area contributed by atoms with Gasteiger partial charge >= 0.3 is 5.70 Å². The van der Waals surface area contributed by atoms with Gasteiger partial charge in [0, 0.05) is 22.8 Å². The predicted molar refractivity (Wildman–Crippen MR) is 99.2 cm³/mol. The van der Waals surface area contributed by atoms with Crippen LogP contribution in [-0.2, 0) is 4.79 Å². The molecule has 4 aliphatic rings. The molecule has 0 spiro atoms. The van der Waals surface area contributed by atoms with E-state index < -0.39 is 22.0 Å². The van der Waals surface area contributed by atoms with E-state index in [4.69, 9.17) is 0 Å². The minimum absolute atomic E-state index is 0.0914. The summed E-state index contributed by atoms with van der Waals surface area (Å²) in [7, 11) is 0. The molecule has 27 heavy (non-hydrogen) atoms. The molecule has 0 aromatic rings. The molecular weight excluding hydrogens is 346 g/mol. The molecule has 0 aliphatic heterocycles. The van der Waals surface area contributed by atoms with Crippen LogP contribution in [0.3, 0.4) is 0 Å². The second-order valence-corrected chi connectivity index (χ2v) is 10.3. The van der Waals surface area contributed by atoms with E-state index in [0.29, 0.717) is 30.8 Å². The third kappa shape index (κ3) is 2.29. The fourth-order valence-corrected chi connectivity index (χ4v) is 7.55. The molecule has 0 bridgehead atoms. The highest BCUT2D eigenvalue weighted by Crippen LogP contribution is 2.68. The van der Waals surface area contributed by atoms with Crippen molar-refractivity contribution in [1.29, 1.82) is 0 Å². The van der Waals surface area contributed by atoms with Crippen LogP contribution in [0.1, 0.15) is 66.2 Å². The number of hydrogen-bond acceptors (Lipinski definition) is 5. The quantitative estimate of drug-likeness (QED) is 0.540. The van der Waals surface area contributed by atoms with E-state index in [9.17, 15) is 25.1 Å². The molecule has 6 heteroatoms. The van der Waals surface area contributed by atoms with E-state index in [1.54, 1.807) is 0 Å². The smallest absolute Gasteiger partial charge is 0.311 e. The number of carbonyl (C=O) groups excluding carboxylic acids is 1. The molecule has 0 aromatic carbocycles. The van der Waals surface area contributed by atoms with Crippen LogP contribution in [0.15, 0.2) is 11.3 Å². The van der Waals surface area contributed by atoms with Gasteiger partial charge in [-0.15, -0.1) is 0 Å². The first-order chi connectivity index (χ1) is 12.4. The Morgan fingerprint density at radius 3 is 2.52 bits per heavy atom. The van der Waals surface area contributed by atoms with Crippen molar-refractivity contribution < 1.29 is 19.9 Å². The van der Waals surface area contributed by atoms with E-state index in [1.165, 1.54) is 0 Å². The fourth-order valence-electron chi connectivity index (χ4n) is 7.55. The van der Waals surface area contributed by atoms with Crippen LogP contribution in [0.4, 0.5) is 0 Å². The Kier molecular flexibility index (Phi) is 3.98. The van der Waals surface area contributed by atoms with E-state index in [1.807, 2.05) is 13.8 Å². The summed E-state index contributed by atoms with van der Waals surface area (Å²) in [6, 6.07) is 0. The normalized spacial score (nSPS) is 52.2. The maximum absolute atomic E-state index is 12.3. The van der Waals surface area contributed by atoms with Gasteiger partial charge < -0.3 is 10.2 Å². The van der Waals surface area contributed by atoms with Crippen molar-refractivity contribution >= 4 is 5.78 Å². The van der Waals surface area contributed by atoms with Gasteiger partial charge in [-0.3, -0.25) is 14.9 Å². The number of nitro groups is 1. The first-order valence-corrected chi connectivity index (χ1v) is 10.3. The van der Waals surface area contributed by atoms with Gasteiger partial charge in [-0.05, 0) is 62.7 Å². The van der Waals surface area contributed by atoms with Crippen molar-refractivity contribution in [3.63, 3.8) is 0 Å². The Morgan fingerprint density at radius 2 is 1.89 bits per heavy atom. The number of aliphatic hydroxyl groups is 2. The van der Waals surface area contributed by atoms with Crippen LogP contribution in [0.2, 0.25) is 0 Å². The zero-order chi connectivity index (χ0) is 19.9. The van der Waals surface area contributed by atoms with Crippen LogP contribution in [0.5, 0.6) is 0 Å². The highest BCUT2D eigenvalue weighted by Gasteiger charge is 2.67. The summed E-state index contributed by atoms with van der Waals surface area (Å²) in [6.07, 6.45) is 2.85. The van der Waals surface area contributed by atoms with Crippen molar-refractivity contribution in [1.82, 2.24) is 0 Å². The van der Waals surface area contributed by atoms with Crippen LogP contribution >= 0.6 is 0 Å². The third-order valence-electron chi connectivity index (χ3n) is 9.13. The topological polar surface area (TPSA) is 101 Å². The number of allylic oxidation sites excluding steroid dienone is 1. The lowest BCUT2D eigenvalue weighted by atomic mass is 9.43. The summed E-state index contributed by atoms with van der Waals surface area (Å²) >= 11 is 0. The Balaban J connectivity index is 1.85. The lowest BCUT2D eigenvalue weighted by molar-refractivity contribution is -0.422. The maximum atomic E-state index is 12.3. The number of rotatable bonds is 1. The number of carbonyl (C=O) groups is 1. The average molecular weight is 377 g/mol. The van der Waals surface area contributed by atoms with Gasteiger partial charge in [-0.25, -0.2) is 0 Å². The zero-order valence-electron chi connectivity index (χ0n) is 16.7. The second kappa shape index (κ2) is 5.63. The Morgan fingerprint density at radius 1 is 1.22 bits per heavy atom. The van der Waals surface area contributed by atoms with E-state index in [2.05, 4.69) is 13.8 Å². The summed E-state index contributed by atoms with van der Waals surface area (Å²) in [4.78, 5) is 23.5. The minimum atomic E-state index is -0.797. The Hall–Kier alpha value is -1.27. The molecule has 0 amide bonds. The molecule has 0 heterocycles. The number of Topliss-reactive ketones (excluding diaryl/α,β-unsaturated/α-hetero) is 1. The largest absolute Gasteiger partial charge is 0.393 e. The predicted octanol–water partition coefficient (Wildman–Crippen LogP) is 3.09. The van der Waals surface area contributed by atoms with E-state index in [-0.39, 0.29) is 41.1 Å². The molecule has 4 aliphatic carbocycles. The van der Waals surface area contributed by atoms with Crippen molar-refractivity contribution in [2.24, 2.45) is 34.5 Å². The highest BCUT2D eigenvalue weighted by molar-refractivity contribution is 5.95. The van der Waals surface area contributed by atoms with Crippen LogP contribution in [0.25, 0.3) is 0 Å². The number of hydrogen-bond donors (Lipinski definition) is 2. The lowest BCUT2D eigenvalue weighted by Crippen LogP contribution is -2.61. The van der Waals surface area contributed by atoms with E-state index in [0.717, 1.165) is 12.8 Å². The van der Waals surface area contributed by atoms with Gasteiger partial charge in [-0.2, -0.15) is 0 Å². The summed E-state index contributed by atoms with van der Waals surface area (Å²) in [5, 5.41) is 34.0. The van der Waals surface area contributed by atoms with Gasteiger partial charge in [0.05, 0.1) is 16.6 Å². The highest BCUT2D eigenvalue weighted by atomic mass is 16.6. The molecule has 6 nitrogen and oxygen atoms in total. The monoisotopic (exact) mass is 377 g/mol. The molecular formula is C21H31NO5. The molecule has 0 saturated heterocycles. The molecule has 3 saturated carbocycles. The summed E-state index contributed by atoms with van der Waals surface area (Å²) in [6.45, 7) is 8.13. The Labute approximate surface area is 160 Å². The van der Waals surface area contributed by atoms with Gasteiger partial charge in [0.2, 0.25) is 5.78 Å². The first-order valence-electron chi connectivity index (χ1n) is 10.3. The third-order valence-corrected chi connectivity index (χ3v) is 9.13. The molecule has 150 valence electrons. The molecule has 0 aromatic heterocycles. The fraction of sp³-hybridized carbons (Fsp3) is 0.857. The summed E-state index contributed by atoms with van der Waals surface area (Å²) in [5.74, 6) is 0.198. The molecule has 3 fully saturated rings. The van der Waals surface area contributed by atoms with Crippen molar-refractivity contribution in [2.45, 2.75) is 77.9 Å². The standard InChI is InChI=1S/C21H31NO5/c1-11-9-13-18(22(26)27)14(23)6-7-19(13,2)17-15(24)10-20(3)12(16(11)17)5-8-21(20,4)25/h11-12,15-17,24-25H,5-10H2,1-4H3/t11-,12?,15-,16?,17?,19?,20?,21+/m1/s1. The van der Waals surface area contributed by atoms with Crippen molar-refractivity contribution in [3.8, 4) is 0 Å². The Bertz CT molecular complexity index is 743.